The van der Waals surface area contributed by atoms with E-state index < -0.39 is 0 Å². The molecule has 0 aliphatic heterocycles. The maximum absolute atomic E-state index is 6.98. The van der Waals surface area contributed by atoms with Crippen molar-refractivity contribution in [2.75, 3.05) is 0 Å². The number of rotatable bonds is 5. The highest BCUT2D eigenvalue weighted by Gasteiger charge is 2.32. The van der Waals surface area contributed by atoms with Crippen LogP contribution in [0.1, 0.15) is 11.4 Å². The summed E-state index contributed by atoms with van der Waals surface area (Å²) in [7, 11) is 0. The average molecular weight is 732 g/mol. The summed E-state index contributed by atoms with van der Waals surface area (Å²) >= 11 is 0. The predicted octanol–water partition coefficient (Wildman–Crippen LogP) is 12.4. The van der Waals surface area contributed by atoms with Gasteiger partial charge in [0.05, 0.1) is 16.7 Å². The number of nitrogens with zero attached hydrogens (tertiary/aromatic N) is 5. The van der Waals surface area contributed by atoms with Crippen LogP contribution in [0.15, 0.2) is 180 Å². The van der Waals surface area contributed by atoms with Gasteiger partial charge in [-0.2, -0.15) is 9.97 Å². The summed E-state index contributed by atoms with van der Waals surface area (Å²) in [6, 6.07) is 61.4. The molecule has 1 aliphatic rings. The predicted molar refractivity (Wildman–Crippen MR) is 230 cm³/mol. The maximum Gasteiger partial charge on any atom is 0.238 e. The summed E-state index contributed by atoms with van der Waals surface area (Å²) in [4.78, 5) is 15.4. The first-order valence-electron chi connectivity index (χ1n) is 19.4. The Kier molecular flexibility index (Phi) is 6.95. The number of aromatic nitrogens is 5. The highest BCUT2D eigenvalue weighted by molar-refractivity contribution is 6.13. The Labute approximate surface area is 328 Å². The zero-order chi connectivity index (χ0) is 37.5. The molecule has 0 amide bonds. The van der Waals surface area contributed by atoms with Crippen molar-refractivity contribution in [3.05, 3.63) is 187 Å². The third-order valence-electron chi connectivity index (χ3n) is 11.5. The highest BCUT2D eigenvalue weighted by Crippen LogP contribution is 2.48. The molecule has 1 aliphatic carbocycles. The van der Waals surface area contributed by atoms with E-state index in [1.807, 2.05) is 36.4 Å². The van der Waals surface area contributed by atoms with E-state index in [-0.39, 0.29) is 0 Å². The number of hydrogen-bond acceptors (Lipinski definition) is 4. The topological polar surface area (TPSA) is 61.7 Å². The fourth-order valence-corrected chi connectivity index (χ4v) is 9.08. The van der Waals surface area contributed by atoms with Crippen LogP contribution in [-0.2, 0) is 12.8 Å². The fraction of sp³-hybridized carbons (Fsp3) is 0.0392. The summed E-state index contributed by atoms with van der Waals surface area (Å²) in [6.45, 7) is 0. The van der Waals surface area contributed by atoms with Gasteiger partial charge in [-0.3, -0.25) is 4.57 Å². The van der Waals surface area contributed by atoms with Crippen molar-refractivity contribution in [2.24, 2.45) is 0 Å². The van der Waals surface area contributed by atoms with Gasteiger partial charge in [-0.15, -0.1) is 0 Å². The molecule has 0 unspecified atom stereocenters. The Morgan fingerprint density at radius 2 is 0.860 bits per heavy atom. The molecule has 6 heteroatoms. The van der Waals surface area contributed by atoms with E-state index in [4.69, 9.17) is 19.4 Å². The maximum atomic E-state index is 6.98. The molecule has 12 rings (SSSR count). The summed E-state index contributed by atoms with van der Waals surface area (Å²) in [5.41, 5.74) is 14.2. The van der Waals surface area contributed by atoms with Gasteiger partial charge < -0.3 is 8.98 Å². The van der Waals surface area contributed by atoms with E-state index in [2.05, 4.69) is 149 Å². The molecule has 7 aromatic carbocycles. The Bertz CT molecular complexity index is 3280. The normalized spacial score (nSPS) is 12.4. The Morgan fingerprint density at radius 1 is 0.386 bits per heavy atom. The second-order valence-corrected chi connectivity index (χ2v) is 14.7. The Morgan fingerprint density at radius 3 is 1.47 bits per heavy atom. The second-order valence-electron chi connectivity index (χ2n) is 14.7. The van der Waals surface area contributed by atoms with Crippen molar-refractivity contribution in [3.8, 4) is 56.7 Å². The monoisotopic (exact) mass is 731 g/mol. The van der Waals surface area contributed by atoms with Gasteiger partial charge in [0.15, 0.2) is 17.2 Å². The van der Waals surface area contributed by atoms with Crippen molar-refractivity contribution < 1.29 is 4.42 Å². The van der Waals surface area contributed by atoms with Crippen LogP contribution in [0.3, 0.4) is 0 Å². The minimum atomic E-state index is 0.619. The second kappa shape index (κ2) is 12.5. The number of para-hydroxylation sites is 4. The van der Waals surface area contributed by atoms with Crippen molar-refractivity contribution in [1.82, 2.24) is 24.1 Å². The van der Waals surface area contributed by atoms with E-state index >= 15 is 0 Å². The van der Waals surface area contributed by atoms with Gasteiger partial charge in [-0.25, -0.2) is 4.98 Å². The molecule has 57 heavy (non-hydrogen) atoms. The van der Waals surface area contributed by atoms with E-state index in [0.29, 0.717) is 17.6 Å². The quantitative estimate of drug-likeness (QED) is 0.177. The average Bonchev–Trinajstić information content (AvgIpc) is 3.95. The minimum absolute atomic E-state index is 0.619. The molecule has 0 N–H and O–H groups in total. The van der Waals surface area contributed by atoms with E-state index in [1.165, 1.54) is 33.3 Å². The molecule has 0 spiro atoms. The molecule has 0 bridgehead atoms. The summed E-state index contributed by atoms with van der Waals surface area (Å²) in [5, 5.41) is 4.61. The standard InChI is InChI=1S/C51H33N5O/c1-4-16-32(17-5-1)35-24-14-25-36-37-26-15-29-44(48(37)57-47(35)36)55-40-27-12-10-22-38(40)45-42(55)30-31-43-46(45)39-23-11-13-28-41(39)56(43)51-53-49(33-18-6-2-7-19-33)52-50(54-51)34-20-8-3-9-21-34/h1-29H,30-31H2. The minimum Gasteiger partial charge on any atom is -0.453 e. The van der Waals surface area contributed by atoms with Crippen LogP contribution in [0.4, 0.5) is 0 Å². The van der Waals surface area contributed by atoms with E-state index in [0.717, 1.165) is 73.8 Å². The van der Waals surface area contributed by atoms with Gasteiger partial charge in [0.1, 0.15) is 5.58 Å². The SMILES string of the molecule is c1ccc(-c2nc(-c3ccccc3)nc(-n3c4c(c5ccccc53)-c3c(n(-c5cccc6c5oc5c(-c7ccccc7)cccc56)c5ccccc35)CC4)n2)cc1. The lowest BCUT2D eigenvalue weighted by atomic mass is 9.91. The first-order chi connectivity index (χ1) is 28.3. The summed E-state index contributed by atoms with van der Waals surface area (Å²) < 4.78 is 11.7. The zero-order valence-corrected chi connectivity index (χ0v) is 30.8. The molecular weight excluding hydrogens is 699 g/mol. The van der Waals surface area contributed by atoms with Gasteiger partial charge in [0.2, 0.25) is 5.95 Å². The van der Waals surface area contributed by atoms with E-state index in [9.17, 15) is 0 Å². The van der Waals surface area contributed by atoms with Crippen LogP contribution in [0.2, 0.25) is 0 Å². The molecule has 11 aromatic rings. The molecule has 0 saturated heterocycles. The lowest BCUT2D eigenvalue weighted by molar-refractivity contribution is 0.665. The van der Waals surface area contributed by atoms with Crippen molar-refractivity contribution in [3.63, 3.8) is 0 Å². The molecule has 0 fully saturated rings. The van der Waals surface area contributed by atoms with Crippen LogP contribution in [0.25, 0.3) is 100 Å². The third-order valence-corrected chi connectivity index (χ3v) is 11.5. The number of benzene rings is 7. The first-order valence-corrected chi connectivity index (χ1v) is 19.4. The van der Waals surface area contributed by atoms with Gasteiger partial charge in [-0.1, -0.05) is 158 Å². The Hall–Kier alpha value is -7.57. The molecule has 0 radical (unpaired) electrons. The highest BCUT2D eigenvalue weighted by atomic mass is 16.3. The molecule has 0 saturated carbocycles. The zero-order valence-electron chi connectivity index (χ0n) is 30.8. The van der Waals surface area contributed by atoms with Crippen LogP contribution in [-0.4, -0.2) is 24.1 Å². The number of hydrogen-bond donors (Lipinski definition) is 0. The fourth-order valence-electron chi connectivity index (χ4n) is 9.08. The Balaban J connectivity index is 1.12. The van der Waals surface area contributed by atoms with Gasteiger partial charge in [0.25, 0.3) is 0 Å². The van der Waals surface area contributed by atoms with Crippen molar-refractivity contribution >= 4 is 43.7 Å². The molecular formula is C51H33N5O. The van der Waals surface area contributed by atoms with Crippen molar-refractivity contribution in [1.29, 1.82) is 0 Å². The molecule has 6 nitrogen and oxygen atoms in total. The van der Waals surface area contributed by atoms with Crippen LogP contribution < -0.4 is 0 Å². The smallest absolute Gasteiger partial charge is 0.238 e. The molecule has 268 valence electrons. The van der Waals surface area contributed by atoms with Gasteiger partial charge >= 0.3 is 0 Å². The number of fused-ring (bicyclic) bond motifs is 10. The molecule has 0 atom stereocenters. The van der Waals surface area contributed by atoms with Crippen LogP contribution in [0, 0.1) is 0 Å². The lowest BCUT2D eigenvalue weighted by Gasteiger charge is -2.20. The van der Waals surface area contributed by atoms with E-state index in [1.54, 1.807) is 0 Å². The number of furan rings is 1. The molecule has 4 heterocycles. The summed E-state index contributed by atoms with van der Waals surface area (Å²) in [6.07, 6.45) is 1.62. The van der Waals surface area contributed by atoms with Crippen LogP contribution >= 0.6 is 0 Å². The van der Waals surface area contributed by atoms with Gasteiger partial charge in [0, 0.05) is 60.8 Å². The first kappa shape index (κ1) is 31.7. The molecule has 4 aromatic heterocycles. The van der Waals surface area contributed by atoms with Crippen molar-refractivity contribution in [2.45, 2.75) is 12.8 Å². The van der Waals surface area contributed by atoms with Crippen LogP contribution in [0.5, 0.6) is 0 Å². The lowest BCUT2D eigenvalue weighted by Crippen LogP contribution is -2.13. The largest absolute Gasteiger partial charge is 0.453 e. The summed E-state index contributed by atoms with van der Waals surface area (Å²) in [5.74, 6) is 1.91. The third kappa shape index (κ3) is 4.80. The van der Waals surface area contributed by atoms with Gasteiger partial charge in [-0.05, 0) is 36.6 Å².